The molecule has 0 aliphatic heterocycles. The highest BCUT2D eigenvalue weighted by Crippen LogP contribution is 2.23. The minimum Gasteiger partial charge on any atom is -0.338 e. The van der Waals surface area contributed by atoms with E-state index in [0.717, 1.165) is 30.6 Å². The third kappa shape index (κ3) is 3.40. The largest absolute Gasteiger partial charge is 0.338 e. The van der Waals surface area contributed by atoms with Crippen LogP contribution in [0.2, 0.25) is 0 Å². The third-order valence-corrected chi connectivity index (χ3v) is 5.11. The molecule has 1 aliphatic carbocycles. The van der Waals surface area contributed by atoms with E-state index < -0.39 is 0 Å². The average molecular weight is 317 g/mol. The lowest BCUT2D eigenvalue weighted by Gasteiger charge is -2.33. The lowest BCUT2D eigenvalue weighted by Crippen LogP contribution is -2.43. The lowest BCUT2D eigenvalue weighted by atomic mass is 9.94. The van der Waals surface area contributed by atoms with Gasteiger partial charge in [0.05, 0.1) is 5.69 Å². The van der Waals surface area contributed by atoms with Gasteiger partial charge in [0.2, 0.25) is 5.91 Å². The maximum atomic E-state index is 12.6. The Bertz CT molecular complexity index is 599. The maximum absolute atomic E-state index is 12.6. The predicted molar refractivity (Wildman–Crippen MR) is 89.8 cm³/mol. The molecule has 1 fully saturated rings. The fourth-order valence-electron chi connectivity index (χ4n) is 3.27. The molecule has 1 amide bonds. The summed E-state index contributed by atoms with van der Waals surface area (Å²) in [6, 6.07) is 4.46. The number of carbonyl (C=O) groups excluding carboxylic acids is 1. The summed E-state index contributed by atoms with van der Waals surface area (Å²) in [5, 5.41) is 8.65. The Morgan fingerprint density at radius 2 is 2.18 bits per heavy atom. The molecule has 1 saturated carbocycles. The van der Waals surface area contributed by atoms with Crippen LogP contribution in [-0.2, 0) is 11.3 Å². The minimum atomic E-state index is 0.189. The highest BCUT2D eigenvalue weighted by molar-refractivity contribution is 7.08. The summed E-state index contributed by atoms with van der Waals surface area (Å²) in [4.78, 5) is 14.7. The Morgan fingerprint density at radius 3 is 2.86 bits per heavy atom. The van der Waals surface area contributed by atoms with Crippen LogP contribution in [0.15, 0.2) is 29.1 Å². The van der Waals surface area contributed by atoms with Crippen LogP contribution in [0.1, 0.15) is 39.0 Å². The predicted octanol–water partition coefficient (Wildman–Crippen LogP) is 3.79. The molecule has 0 saturated heterocycles. The number of nitrogens with zero attached hydrogens (tertiary/aromatic N) is 3. The fraction of sp³-hybridized carbons (Fsp3) is 0.529. The molecule has 118 valence electrons. The molecular weight excluding hydrogens is 294 g/mol. The van der Waals surface area contributed by atoms with Gasteiger partial charge in [-0.05, 0) is 37.3 Å². The molecular formula is C17H23N3OS. The normalized spacial score (nSPS) is 15.9. The Balaban J connectivity index is 1.65. The molecule has 0 unspecified atom stereocenters. The number of hydrogen-bond acceptors (Lipinski definition) is 3. The first-order chi connectivity index (χ1) is 10.8. The molecule has 2 heterocycles. The van der Waals surface area contributed by atoms with Gasteiger partial charge in [-0.3, -0.25) is 9.48 Å². The van der Waals surface area contributed by atoms with E-state index in [1.54, 1.807) is 16.0 Å². The smallest absolute Gasteiger partial charge is 0.244 e. The number of rotatable bonds is 5. The summed E-state index contributed by atoms with van der Waals surface area (Å²) >= 11 is 1.66. The molecule has 0 radical (unpaired) electrons. The van der Waals surface area contributed by atoms with Crippen molar-refractivity contribution in [3.8, 4) is 11.3 Å². The van der Waals surface area contributed by atoms with Gasteiger partial charge in [-0.15, -0.1) is 0 Å². The molecule has 0 aromatic carbocycles. The number of thiophene rings is 1. The monoisotopic (exact) mass is 317 g/mol. The van der Waals surface area contributed by atoms with Crippen molar-refractivity contribution in [3.05, 3.63) is 29.1 Å². The maximum Gasteiger partial charge on any atom is 0.244 e. The number of aromatic nitrogens is 2. The van der Waals surface area contributed by atoms with Crippen molar-refractivity contribution in [2.75, 3.05) is 6.54 Å². The van der Waals surface area contributed by atoms with Crippen LogP contribution in [0.3, 0.4) is 0 Å². The van der Waals surface area contributed by atoms with Crippen LogP contribution >= 0.6 is 11.3 Å². The first kappa shape index (κ1) is 15.3. The van der Waals surface area contributed by atoms with Crippen molar-refractivity contribution < 1.29 is 4.79 Å². The molecule has 3 rings (SSSR count). The molecule has 0 atom stereocenters. The van der Waals surface area contributed by atoms with Crippen molar-refractivity contribution in [2.45, 2.75) is 51.6 Å². The van der Waals surface area contributed by atoms with Gasteiger partial charge in [0.15, 0.2) is 0 Å². The van der Waals surface area contributed by atoms with Crippen molar-refractivity contribution >= 4 is 17.2 Å². The fourth-order valence-corrected chi connectivity index (χ4v) is 3.92. The summed E-state index contributed by atoms with van der Waals surface area (Å²) in [6.07, 6.45) is 8.01. The Labute approximate surface area is 135 Å². The molecule has 0 bridgehead atoms. The van der Waals surface area contributed by atoms with Crippen LogP contribution in [-0.4, -0.2) is 33.2 Å². The summed E-state index contributed by atoms with van der Waals surface area (Å²) < 4.78 is 1.76. The van der Waals surface area contributed by atoms with Crippen LogP contribution in [0.25, 0.3) is 11.3 Å². The van der Waals surface area contributed by atoms with E-state index >= 15 is 0 Å². The average Bonchev–Trinajstić information content (AvgIpc) is 3.20. The summed E-state index contributed by atoms with van der Waals surface area (Å²) in [6.45, 7) is 3.21. The van der Waals surface area contributed by atoms with Crippen molar-refractivity contribution in [1.82, 2.24) is 14.7 Å². The lowest BCUT2D eigenvalue weighted by molar-refractivity contribution is -0.134. The van der Waals surface area contributed by atoms with Crippen LogP contribution in [0, 0.1) is 0 Å². The van der Waals surface area contributed by atoms with Gasteiger partial charge in [0.25, 0.3) is 0 Å². The van der Waals surface area contributed by atoms with Crippen LogP contribution in [0.5, 0.6) is 0 Å². The highest BCUT2D eigenvalue weighted by atomic mass is 32.1. The molecule has 1 aliphatic rings. The molecule has 5 heteroatoms. The zero-order valence-corrected chi connectivity index (χ0v) is 13.9. The quantitative estimate of drug-likeness (QED) is 0.841. The standard InChI is InChI=1S/C17H23N3OS/c1-2-20(15-6-4-3-5-7-15)17(21)12-19-10-8-16(18-19)14-9-11-22-13-14/h8-11,13,15H,2-7,12H2,1H3. The van der Waals surface area contributed by atoms with Crippen molar-refractivity contribution in [1.29, 1.82) is 0 Å². The number of carbonyl (C=O) groups is 1. The molecule has 2 aromatic rings. The molecule has 0 spiro atoms. The second kappa shape index (κ2) is 7.09. The topological polar surface area (TPSA) is 38.1 Å². The van der Waals surface area contributed by atoms with Crippen molar-refractivity contribution in [3.63, 3.8) is 0 Å². The third-order valence-electron chi connectivity index (χ3n) is 4.43. The highest BCUT2D eigenvalue weighted by Gasteiger charge is 2.24. The molecule has 4 nitrogen and oxygen atoms in total. The molecule has 22 heavy (non-hydrogen) atoms. The van der Waals surface area contributed by atoms with Gasteiger partial charge in [-0.1, -0.05) is 19.3 Å². The zero-order chi connectivity index (χ0) is 15.4. The molecule has 0 N–H and O–H groups in total. The Hall–Kier alpha value is -1.62. The first-order valence-electron chi connectivity index (χ1n) is 8.13. The Kier molecular flexibility index (Phi) is 4.93. The van der Waals surface area contributed by atoms with Crippen LogP contribution in [0.4, 0.5) is 0 Å². The summed E-state index contributed by atoms with van der Waals surface area (Å²) in [5.74, 6) is 0.189. The van der Waals surface area contributed by atoms with E-state index in [1.807, 2.05) is 22.5 Å². The summed E-state index contributed by atoms with van der Waals surface area (Å²) in [7, 11) is 0. The number of amides is 1. The SMILES string of the molecule is CCN(C(=O)Cn1ccc(-c2ccsc2)n1)C1CCCCC1. The summed E-state index contributed by atoms with van der Waals surface area (Å²) in [5.41, 5.74) is 2.06. The van der Waals surface area contributed by atoms with Gasteiger partial charge in [0, 0.05) is 29.7 Å². The van der Waals surface area contributed by atoms with Gasteiger partial charge in [-0.25, -0.2) is 0 Å². The van der Waals surface area contributed by atoms with Gasteiger partial charge < -0.3 is 4.90 Å². The van der Waals surface area contributed by atoms with Crippen molar-refractivity contribution in [2.24, 2.45) is 0 Å². The van der Waals surface area contributed by atoms with E-state index in [0.29, 0.717) is 12.6 Å². The van der Waals surface area contributed by atoms with Gasteiger partial charge in [-0.2, -0.15) is 16.4 Å². The van der Waals surface area contributed by atoms with E-state index in [4.69, 9.17) is 0 Å². The zero-order valence-electron chi connectivity index (χ0n) is 13.1. The van der Waals surface area contributed by atoms with Gasteiger partial charge >= 0.3 is 0 Å². The second-order valence-electron chi connectivity index (χ2n) is 5.88. The number of likely N-dealkylation sites (N-methyl/N-ethyl adjacent to an activating group) is 1. The first-order valence-corrected chi connectivity index (χ1v) is 9.07. The second-order valence-corrected chi connectivity index (χ2v) is 6.66. The van der Waals surface area contributed by atoms with Gasteiger partial charge in [0.1, 0.15) is 6.54 Å². The van der Waals surface area contributed by atoms with E-state index in [-0.39, 0.29) is 5.91 Å². The van der Waals surface area contributed by atoms with E-state index in [2.05, 4.69) is 23.5 Å². The minimum absolute atomic E-state index is 0.189. The van der Waals surface area contributed by atoms with E-state index in [9.17, 15) is 4.79 Å². The number of hydrogen-bond donors (Lipinski definition) is 0. The Morgan fingerprint density at radius 1 is 1.36 bits per heavy atom. The van der Waals surface area contributed by atoms with Crippen LogP contribution < -0.4 is 0 Å². The van der Waals surface area contributed by atoms with E-state index in [1.165, 1.54) is 19.3 Å². The molecule has 2 aromatic heterocycles.